The summed E-state index contributed by atoms with van der Waals surface area (Å²) in [4.78, 5) is 11.6. The summed E-state index contributed by atoms with van der Waals surface area (Å²) in [5.41, 5.74) is 0.708. The Balaban J connectivity index is 2.84. The first-order valence-electron chi connectivity index (χ1n) is 6.46. The van der Waals surface area contributed by atoms with E-state index in [0.717, 1.165) is 0 Å². The molecule has 1 aromatic carbocycles. The third kappa shape index (κ3) is 5.02. The van der Waals surface area contributed by atoms with Crippen molar-refractivity contribution in [3.8, 4) is 11.5 Å². The molecule has 0 aromatic heterocycles. The highest BCUT2D eigenvalue weighted by Crippen LogP contribution is 2.36. The first kappa shape index (κ1) is 16.8. The Kier molecular flexibility index (Phi) is 6.81. The standard InChI is InChI=1S/C14H20BrNO4/c1-4-19-12-6-10(7-17)5-11(15)14(12)20-8-13(18)16-9(2)3/h5-6,9,17H,4,7-8H2,1-3H3,(H,16,18). The van der Waals surface area contributed by atoms with E-state index in [-0.39, 0.29) is 25.2 Å². The molecule has 0 fully saturated rings. The minimum absolute atomic E-state index is 0.0673. The quantitative estimate of drug-likeness (QED) is 0.795. The molecular formula is C14H20BrNO4. The van der Waals surface area contributed by atoms with Crippen molar-refractivity contribution in [1.29, 1.82) is 0 Å². The number of amides is 1. The van der Waals surface area contributed by atoms with Crippen molar-refractivity contribution in [2.24, 2.45) is 0 Å². The molecule has 0 atom stereocenters. The van der Waals surface area contributed by atoms with Gasteiger partial charge in [0.1, 0.15) is 0 Å². The predicted octanol–water partition coefficient (Wildman–Crippen LogP) is 2.24. The topological polar surface area (TPSA) is 67.8 Å². The minimum atomic E-state index is -0.194. The number of rotatable bonds is 7. The summed E-state index contributed by atoms with van der Waals surface area (Å²) < 4.78 is 11.6. The molecule has 0 heterocycles. The van der Waals surface area contributed by atoms with Crippen LogP contribution in [0.4, 0.5) is 0 Å². The molecule has 1 rings (SSSR count). The van der Waals surface area contributed by atoms with Gasteiger partial charge in [-0.25, -0.2) is 0 Å². The van der Waals surface area contributed by atoms with Crippen LogP contribution in [0.2, 0.25) is 0 Å². The summed E-state index contributed by atoms with van der Waals surface area (Å²) in [5.74, 6) is 0.770. The molecule has 6 heteroatoms. The first-order valence-corrected chi connectivity index (χ1v) is 7.25. The average Bonchev–Trinajstić information content (AvgIpc) is 2.36. The lowest BCUT2D eigenvalue weighted by atomic mass is 10.2. The van der Waals surface area contributed by atoms with Crippen molar-refractivity contribution in [1.82, 2.24) is 5.32 Å². The zero-order valence-electron chi connectivity index (χ0n) is 11.9. The number of benzene rings is 1. The van der Waals surface area contributed by atoms with Gasteiger partial charge in [0, 0.05) is 6.04 Å². The molecule has 2 N–H and O–H groups in total. The van der Waals surface area contributed by atoms with Crippen LogP contribution >= 0.6 is 15.9 Å². The molecule has 0 aliphatic rings. The summed E-state index contributed by atoms with van der Waals surface area (Å²) in [7, 11) is 0. The smallest absolute Gasteiger partial charge is 0.258 e. The Labute approximate surface area is 127 Å². The summed E-state index contributed by atoms with van der Waals surface area (Å²) in [5, 5.41) is 11.9. The average molecular weight is 346 g/mol. The Morgan fingerprint density at radius 1 is 1.40 bits per heavy atom. The second kappa shape index (κ2) is 8.11. The Morgan fingerprint density at radius 3 is 2.65 bits per heavy atom. The highest BCUT2D eigenvalue weighted by Gasteiger charge is 2.14. The van der Waals surface area contributed by atoms with Crippen LogP contribution in [-0.2, 0) is 11.4 Å². The van der Waals surface area contributed by atoms with Crippen molar-refractivity contribution in [2.75, 3.05) is 13.2 Å². The SMILES string of the molecule is CCOc1cc(CO)cc(Br)c1OCC(=O)NC(C)C. The summed E-state index contributed by atoms with van der Waals surface area (Å²) >= 11 is 3.36. The highest BCUT2D eigenvalue weighted by atomic mass is 79.9. The summed E-state index contributed by atoms with van der Waals surface area (Å²) in [6.45, 7) is 5.91. The van der Waals surface area contributed by atoms with E-state index >= 15 is 0 Å². The maximum atomic E-state index is 11.6. The lowest BCUT2D eigenvalue weighted by Gasteiger charge is -2.15. The van der Waals surface area contributed by atoms with E-state index in [4.69, 9.17) is 9.47 Å². The monoisotopic (exact) mass is 345 g/mol. The molecule has 0 bridgehead atoms. The van der Waals surface area contributed by atoms with Gasteiger partial charge in [-0.05, 0) is 54.4 Å². The van der Waals surface area contributed by atoms with Gasteiger partial charge >= 0.3 is 0 Å². The number of aliphatic hydroxyl groups excluding tert-OH is 1. The third-order valence-electron chi connectivity index (χ3n) is 2.35. The van der Waals surface area contributed by atoms with Gasteiger partial charge in [-0.3, -0.25) is 4.79 Å². The van der Waals surface area contributed by atoms with Crippen molar-refractivity contribution in [2.45, 2.75) is 33.4 Å². The van der Waals surface area contributed by atoms with Gasteiger partial charge in [-0.15, -0.1) is 0 Å². The highest BCUT2D eigenvalue weighted by molar-refractivity contribution is 9.10. The third-order valence-corrected chi connectivity index (χ3v) is 2.94. The number of nitrogens with one attached hydrogen (secondary N) is 1. The van der Waals surface area contributed by atoms with E-state index in [0.29, 0.717) is 28.1 Å². The molecule has 5 nitrogen and oxygen atoms in total. The zero-order chi connectivity index (χ0) is 15.1. The number of hydrogen-bond acceptors (Lipinski definition) is 4. The van der Waals surface area contributed by atoms with E-state index in [9.17, 15) is 9.90 Å². The van der Waals surface area contributed by atoms with Crippen LogP contribution in [-0.4, -0.2) is 30.3 Å². The molecule has 0 aliphatic carbocycles. The fraction of sp³-hybridized carbons (Fsp3) is 0.500. The molecule has 112 valence electrons. The van der Waals surface area contributed by atoms with Crippen molar-refractivity contribution >= 4 is 21.8 Å². The van der Waals surface area contributed by atoms with Gasteiger partial charge in [0.15, 0.2) is 18.1 Å². The maximum absolute atomic E-state index is 11.6. The van der Waals surface area contributed by atoms with E-state index < -0.39 is 0 Å². The molecule has 0 spiro atoms. The van der Waals surface area contributed by atoms with Gasteiger partial charge in [0.25, 0.3) is 5.91 Å². The zero-order valence-corrected chi connectivity index (χ0v) is 13.5. The second-order valence-corrected chi connectivity index (χ2v) is 5.36. The molecule has 0 unspecified atom stereocenters. The van der Waals surface area contributed by atoms with Gasteiger partial charge in [-0.1, -0.05) is 0 Å². The fourth-order valence-corrected chi connectivity index (χ4v) is 2.22. The summed E-state index contributed by atoms with van der Waals surface area (Å²) in [6.07, 6.45) is 0. The molecule has 1 amide bonds. The molecule has 20 heavy (non-hydrogen) atoms. The van der Waals surface area contributed by atoms with Crippen molar-refractivity contribution in [3.63, 3.8) is 0 Å². The number of ether oxygens (including phenoxy) is 2. The lowest BCUT2D eigenvalue weighted by molar-refractivity contribution is -0.123. The van der Waals surface area contributed by atoms with Crippen LogP contribution in [0.5, 0.6) is 11.5 Å². The number of halogens is 1. The maximum Gasteiger partial charge on any atom is 0.258 e. The van der Waals surface area contributed by atoms with Crippen LogP contribution in [0.1, 0.15) is 26.3 Å². The number of aliphatic hydroxyl groups is 1. The normalized spacial score (nSPS) is 10.5. The number of carbonyl (C=O) groups excluding carboxylic acids is 1. The fourth-order valence-electron chi connectivity index (χ4n) is 1.62. The summed E-state index contributed by atoms with van der Waals surface area (Å²) in [6, 6.07) is 3.50. The first-order chi connectivity index (χ1) is 9.47. The molecule has 1 aromatic rings. The number of carbonyl (C=O) groups is 1. The molecule has 0 aliphatic heterocycles. The van der Waals surface area contributed by atoms with E-state index in [2.05, 4.69) is 21.2 Å². The van der Waals surface area contributed by atoms with E-state index in [1.165, 1.54) is 0 Å². The molecule has 0 radical (unpaired) electrons. The minimum Gasteiger partial charge on any atom is -0.490 e. The Bertz CT molecular complexity index is 463. The van der Waals surface area contributed by atoms with Crippen LogP contribution in [0, 0.1) is 0 Å². The van der Waals surface area contributed by atoms with E-state index in [1.54, 1.807) is 12.1 Å². The van der Waals surface area contributed by atoms with Crippen LogP contribution in [0.3, 0.4) is 0 Å². The predicted molar refractivity (Wildman–Crippen MR) is 80.0 cm³/mol. The van der Waals surface area contributed by atoms with Crippen molar-refractivity contribution < 1.29 is 19.4 Å². The van der Waals surface area contributed by atoms with Crippen LogP contribution in [0.25, 0.3) is 0 Å². The Morgan fingerprint density at radius 2 is 2.10 bits per heavy atom. The van der Waals surface area contributed by atoms with Gasteiger partial charge in [-0.2, -0.15) is 0 Å². The lowest BCUT2D eigenvalue weighted by Crippen LogP contribution is -2.34. The van der Waals surface area contributed by atoms with Crippen molar-refractivity contribution in [3.05, 3.63) is 22.2 Å². The van der Waals surface area contributed by atoms with Gasteiger partial charge < -0.3 is 19.9 Å². The van der Waals surface area contributed by atoms with Gasteiger partial charge in [0.2, 0.25) is 0 Å². The molecule has 0 saturated carbocycles. The van der Waals surface area contributed by atoms with E-state index in [1.807, 2.05) is 20.8 Å². The van der Waals surface area contributed by atoms with Crippen LogP contribution < -0.4 is 14.8 Å². The second-order valence-electron chi connectivity index (χ2n) is 4.51. The number of hydrogen-bond donors (Lipinski definition) is 2. The van der Waals surface area contributed by atoms with Gasteiger partial charge in [0.05, 0.1) is 17.7 Å². The Hall–Kier alpha value is -1.27. The molecule has 0 saturated heterocycles. The largest absolute Gasteiger partial charge is 0.490 e. The van der Waals surface area contributed by atoms with Crippen LogP contribution in [0.15, 0.2) is 16.6 Å². The molecular weight excluding hydrogens is 326 g/mol.